The normalized spacial score (nSPS) is 12.2. The predicted molar refractivity (Wildman–Crippen MR) is 82.1 cm³/mol. The summed E-state index contributed by atoms with van der Waals surface area (Å²) in [6, 6.07) is 3.39. The SMILES string of the molecule is CCCOc1c(Cl)cc(Cl)cc1C(CCC)CC(=O)O. The van der Waals surface area contributed by atoms with Gasteiger partial charge in [-0.2, -0.15) is 0 Å². The van der Waals surface area contributed by atoms with Gasteiger partial charge in [0.25, 0.3) is 0 Å². The second-order valence-electron chi connectivity index (χ2n) is 4.74. The van der Waals surface area contributed by atoms with Crippen molar-refractivity contribution in [1.82, 2.24) is 0 Å². The first-order valence-electron chi connectivity index (χ1n) is 6.83. The van der Waals surface area contributed by atoms with E-state index in [2.05, 4.69) is 0 Å². The Labute approximate surface area is 129 Å². The molecular weight excluding hydrogens is 299 g/mol. The van der Waals surface area contributed by atoms with Crippen molar-refractivity contribution in [2.45, 2.75) is 45.4 Å². The van der Waals surface area contributed by atoms with E-state index in [0.717, 1.165) is 24.8 Å². The van der Waals surface area contributed by atoms with Crippen LogP contribution >= 0.6 is 23.2 Å². The number of hydrogen-bond acceptors (Lipinski definition) is 2. The van der Waals surface area contributed by atoms with E-state index < -0.39 is 5.97 Å². The summed E-state index contributed by atoms with van der Waals surface area (Å²) >= 11 is 12.2. The van der Waals surface area contributed by atoms with Crippen LogP contribution in [-0.4, -0.2) is 17.7 Å². The first-order chi connectivity index (χ1) is 9.49. The number of hydrogen-bond donors (Lipinski definition) is 1. The van der Waals surface area contributed by atoms with Crippen molar-refractivity contribution >= 4 is 29.2 Å². The minimum Gasteiger partial charge on any atom is -0.492 e. The third-order valence-corrected chi connectivity index (χ3v) is 3.48. The van der Waals surface area contributed by atoms with Crippen LogP contribution in [0, 0.1) is 0 Å². The molecule has 1 unspecified atom stereocenters. The third-order valence-electron chi connectivity index (χ3n) is 2.99. The van der Waals surface area contributed by atoms with Crippen LogP contribution in [0.25, 0.3) is 0 Å². The summed E-state index contributed by atoms with van der Waals surface area (Å²) in [5.74, 6) is -0.404. The fourth-order valence-corrected chi connectivity index (χ4v) is 2.73. The van der Waals surface area contributed by atoms with Crippen LogP contribution in [-0.2, 0) is 4.79 Å². The highest BCUT2D eigenvalue weighted by Gasteiger charge is 2.21. The molecule has 20 heavy (non-hydrogen) atoms. The maximum atomic E-state index is 11.0. The van der Waals surface area contributed by atoms with E-state index >= 15 is 0 Å². The molecule has 0 aromatic heterocycles. The summed E-state index contributed by atoms with van der Waals surface area (Å²) in [6.07, 6.45) is 2.55. The lowest BCUT2D eigenvalue weighted by atomic mass is 9.90. The smallest absolute Gasteiger partial charge is 0.303 e. The van der Waals surface area contributed by atoms with Crippen LogP contribution < -0.4 is 4.74 Å². The Morgan fingerprint density at radius 3 is 2.55 bits per heavy atom. The van der Waals surface area contributed by atoms with Crippen molar-refractivity contribution in [3.63, 3.8) is 0 Å². The summed E-state index contributed by atoms with van der Waals surface area (Å²) < 4.78 is 5.70. The van der Waals surface area contributed by atoms with Crippen LogP contribution in [0.15, 0.2) is 12.1 Å². The van der Waals surface area contributed by atoms with Gasteiger partial charge < -0.3 is 9.84 Å². The molecule has 112 valence electrons. The molecule has 0 aliphatic carbocycles. The number of halogens is 2. The average molecular weight is 319 g/mol. The molecule has 1 aromatic carbocycles. The van der Waals surface area contributed by atoms with E-state index in [9.17, 15) is 4.79 Å². The minimum atomic E-state index is -0.832. The summed E-state index contributed by atoms with van der Waals surface area (Å²) in [4.78, 5) is 11.0. The molecule has 0 heterocycles. The molecule has 1 rings (SSSR count). The molecule has 0 amide bonds. The van der Waals surface area contributed by atoms with Gasteiger partial charge in [-0.15, -0.1) is 0 Å². The number of aliphatic carboxylic acids is 1. The predicted octanol–water partition coefficient (Wildman–Crippen LogP) is 5.14. The summed E-state index contributed by atoms with van der Waals surface area (Å²) in [5.41, 5.74) is 0.792. The Morgan fingerprint density at radius 1 is 1.30 bits per heavy atom. The van der Waals surface area contributed by atoms with E-state index in [4.69, 9.17) is 33.0 Å². The van der Waals surface area contributed by atoms with Gasteiger partial charge in [-0.05, 0) is 30.9 Å². The minimum absolute atomic E-state index is 0.0486. The van der Waals surface area contributed by atoms with Gasteiger partial charge in [0.2, 0.25) is 0 Å². The Bertz CT molecular complexity index is 461. The van der Waals surface area contributed by atoms with Gasteiger partial charge in [-0.25, -0.2) is 0 Å². The number of carbonyl (C=O) groups is 1. The fraction of sp³-hybridized carbons (Fsp3) is 0.533. The zero-order valence-corrected chi connectivity index (χ0v) is 13.3. The molecule has 0 fully saturated rings. The standard InChI is InChI=1S/C15H20Cl2O3/c1-3-5-10(7-14(18)19)12-8-11(16)9-13(17)15(12)20-6-4-2/h8-10H,3-7H2,1-2H3,(H,18,19). The molecule has 0 aliphatic rings. The maximum Gasteiger partial charge on any atom is 0.303 e. The number of benzene rings is 1. The van der Waals surface area contributed by atoms with Gasteiger partial charge in [0.15, 0.2) is 0 Å². The second-order valence-corrected chi connectivity index (χ2v) is 5.58. The monoisotopic (exact) mass is 318 g/mol. The number of ether oxygens (including phenoxy) is 1. The topological polar surface area (TPSA) is 46.5 Å². The summed E-state index contributed by atoms with van der Waals surface area (Å²) in [5, 5.41) is 10.0. The molecule has 3 nitrogen and oxygen atoms in total. The molecule has 0 spiro atoms. The van der Waals surface area contributed by atoms with E-state index in [1.54, 1.807) is 12.1 Å². The number of carboxylic acids is 1. The van der Waals surface area contributed by atoms with E-state index in [-0.39, 0.29) is 12.3 Å². The van der Waals surface area contributed by atoms with Crippen LogP contribution in [0.4, 0.5) is 0 Å². The van der Waals surface area contributed by atoms with E-state index in [1.807, 2.05) is 13.8 Å². The molecule has 0 radical (unpaired) electrons. The molecule has 1 aromatic rings. The molecule has 5 heteroatoms. The Balaban J connectivity index is 3.18. The molecule has 0 aliphatic heterocycles. The first kappa shape index (κ1) is 17.1. The fourth-order valence-electron chi connectivity index (χ4n) is 2.17. The van der Waals surface area contributed by atoms with Crippen molar-refractivity contribution in [2.75, 3.05) is 6.61 Å². The lowest BCUT2D eigenvalue weighted by Gasteiger charge is -2.20. The van der Waals surface area contributed by atoms with E-state index in [1.165, 1.54) is 0 Å². The van der Waals surface area contributed by atoms with Crippen molar-refractivity contribution in [3.8, 4) is 5.75 Å². The highest BCUT2D eigenvalue weighted by molar-refractivity contribution is 6.35. The van der Waals surface area contributed by atoms with Gasteiger partial charge in [0.05, 0.1) is 18.1 Å². The highest BCUT2D eigenvalue weighted by atomic mass is 35.5. The lowest BCUT2D eigenvalue weighted by molar-refractivity contribution is -0.137. The molecule has 0 bridgehead atoms. The van der Waals surface area contributed by atoms with Crippen molar-refractivity contribution in [3.05, 3.63) is 27.7 Å². The van der Waals surface area contributed by atoms with Gasteiger partial charge in [-0.3, -0.25) is 4.79 Å². The van der Waals surface area contributed by atoms with Gasteiger partial charge >= 0.3 is 5.97 Å². The van der Waals surface area contributed by atoms with Crippen LogP contribution in [0.5, 0.6) is 5.75 Å². The van der Waals surface area contributed by atoms with Crippen molar-refractivity contribution in [1.29, 1.82) is 0 Å². The molecule has 0 saturated carbocycles. The lowest BCUT2D eigenvalue weighted by Crippen LogP contribution is -2.09. The molecule has 0 saturated heterocycles. The summed E-state index contributed by atoms with van der Waals surface area (Å²) in [6.45, 7) is 4.57. The third kappa shape index (κ3) is 4.88. The van der Waals surface area contributed by atoms with Gasteiger partial charge in [-0.1, -0.05) is 43.5 Å². The van der Waals surface area contributed by atoms with Crippen LogP contribution in [0.1, 0.15) is 51.0 Å². The quantitative estimate of drug-likeness (QED) is 0.721. The molecular formula is C15H20Cl2O3. The van der Waals surface area contributed by atoms with Gasteiger partial charge in [0, 0.05) is 10.6 Å². The zero-order valence-electron chi connectivity index (χ0n) is 11.8. The van der Waals surface area contributed by atoms with Gasteiger partial charge in [0.1, 0.15) is 5.75 Å². The first-order valence-corrected chi connectivity index (χ1v) is 7.58. The largest absolute Gasteiger partial charge is 0.492 e. The molecule has 1 N–H and O–H groups in total. The Morgan fingerprint density at radius 2 is 2.00 bits per heavy atom. The number of rotatable bonds is 8. The average Bonchev–Trinajstić information content (AvgIpc) is 2.36. The zero-order chi connectivity index (χ0) is 15.1. The number of carboxylic acid groups (broad SMARTS) is 1. The molecule has 1 atom stereocenters. The highest BCUT2D eigenvalue weighted by Crippen LogP contribution is 2.39. The summed E-state index contributed by atoms with van der Waals surface area (Å²) in [7, 11) is 0. The second kappa shape index (κ2) is 8.38. The Kier molecular flexibility index (Phi) is 7.17. The van der Waals surface area contributed by atoms with Crippen LogP contribution in [0.2, 0.25) is 10.0 Å². The van der Waals surface area contributed by atoms with E-state index in [0.29, 0.717) is 22.4 Å². The van der Waals surface area contributed by atoms with Crippen LogP contribution in [0.3, 0.4) is 0 Å². The maximum absolute atomic E-state index is 11.0. The van der Waals surface area contributed by atoms with Crippen molar-refractivity contribution < 1.29 is 14.6 Å². The Hall–Kier alpha value is -0.930. The van der Waals surface area contributed by atoms with Crippen molar-refractivity contribution in [2.24, 2.45) is 0 Å².